The summed E-state index contributed by atoms with van der Waals surface area (Å²) >= 11 is 6.41. The predicted octanol–water partition coefficient (Wildman–Crippen LogP) is 6.35. The summed E-state index contributed by atoms with van der Waals surface area (Å²) in [5.41, 5.74) is 3.05. The van der Waals surface area contributed by atoms with E-state index in [0.717, 1.165) is 36.6 Å². The minimum absolute atomic E-state index is 0.0689. The van der Waals surface area contributed by atoms with Crippen LogP contribution in [0.1, 0.15) is 80.6 Å². The van der Waals surface area contributed by atoms with E-state index in [-0.39, 0.29) is 6.54 Å². The molecule has 1 N–H and O–H groups in total. The van der Waals surface area contributed by atoms with E-state index in [4.69, 9.17) is 26.1 Å². The number of hydrogen-bond acceptors (Lipinski definition) is 7. The maximum Gasteiger partial charge on any atom is 0.417 e. The molecule has 1 fully saturated rings. The number of carbonyl (C=O) groups excluding carboxylic acids is 2. The predicted molar refractivity (Wildman–Crippen MR) is 147 cm³/mol. The molecule has 1 saturated heterocycles. The fraction of sp³-hybridized carbons (Fsp3) is 0.536. The number of benzene rings is 1. The van der Waals surface area contributed by atoms with Gasteiger partial charge in [-0.1, -0.05) is 31.5 Å². The Balaban J connectivity index is 0.00000186. The highest BCUT2D eigenvalue weighted by atomic mass is 35.5. The van der Waals surface area contributed by atoms with Crippen LogP contribution in [0.2, 0.25) is 5.02 Å². The van der Waals surface area contributed by atoms with E-state index in [1.54, 1.807) is 32.9 Å². The number of ether oxygens (including phenoxy) is 2. The fourth-order valence-corrected chi connectivity index (χ4v) is 4.70. The van der Waals surface area contributed by atoms with Gasteiger partial charge in [-0.3, -0.25) is 4.79 Å². The molecule has 8 nitrogen and oxygen atoms in total. The average molecular weight is 531 g/mol. The maximum atomic E-state index is 13.2. The van der Waals surface area contributed by atoms with Gasteiger partial charge in [-0.05, 0) is 77.4 Å². The minimum atomic E-state index is -0.712. The van der Waals surface area contributed by atoms with Crippen LogP contribution in [0.15, 0.2) is 24.3 Å². The van der Waals surface area contributed by atoms with Gasteiger partial charge in [0, 0.05) is 30.3 Å². The van der Waals surface area contributed by atoms with E-state index in [2.05, 4.69) is 16.3 Å². The number of carbonyl (C=O) groups is 2. The van der Waals surface area contributed by atoms with Crippen LogP contribution in [0, 0.1) is 0 Å². The van der Waals surface area contributed by atoms with Crippen molar-refractivity contribution in [2.45, 2.75) is 72.1 Å². The molecular formula is C28H39ClN4O4. The number of anilines is 2. The molecule has 37 heavy (non-hydrogen) atoms. The molecule has 0 atom stereocenters. The van der Waals surface area contributed by atoms with E-state index < -0.39 is 17.6 Å². The monoisotopic (exact) mass is 530 g/mol. The molecule has 202 valence electrons. The zero-order valence-corrected chi connectivity index (χ0v) is 23.7. The van der Waals surface area contributed by atoms with Gasteiger partial charge in [0.2, 0.25) is 0 Å². The van der Waals surface area contributed by atoms with E-state index in [1.807, 2.05) is 34.0 Å². The third-order valence-corrected chi connectivity index (χ3v) is 6.40. The molecule has 2 aromatic rings. The molecule has 2 aliphatic heterocycles. The maximum absolute atomic E-state index is 13.2. The Morgan fingerprint density at radius 2 is 1.86 bits per heavy atom. The number of halogens is 1. The van der Waals surface area contributed by atoms with Gasteiger partial charge in [-0.2, -0.15) is 0 Å². The molecular weight excluding hydrogens is 492 g/mol. The molecule has 2 amide bonds. The van der Waals surface area contributed by atoms with Crippen molar-refractivity contribution in [1.82, 2.24) is 14.8 Å². The van der Waals surface area contributed by atoms with Crippen LogP contribution in [0.25, 0.3) is 0 Å². The molecule has 9 heteroatoms. The number of amides is 2. The first-order valence-corrected chi connectivity index (χ1v) is 13.3. The van der Waals surface area contributed by atoms with Crippen molar-refractivity contribution in [2.24, 2.45) is 0 Å². The molecule has 0 bridgehead atoms. The van der Waals surface area contributed by atoms with Gasteiger partial charge >= 0.3 is 6.09 Å². The van der Waals surface area contributed by atoms with Gasteiger partial charge in [-0.15, -0.1) is 0 Å². The smallest absolute Gasteiger partial charge is 0.417 e. The lowest BCUT2D eigenvalue weighted by molar-refractivity contribution is 0.0248. The van der Waals surface area contributed by atoms with Crippen LogP contribution >= 0.6 is 11.6 Å². The topological polar surface area (TPSA) is 84.0 Å². The normalized spacial score (nSPS) is 15.8. The Labute approximate surface area is 225 Å². The largest absolute Gasteiger partial charge is 0.443 e. The lowest BCUT2D eigenvalue weighted by atomic mass is 9.90. The SMILES string of the molecule is CC.CN(C)Cc1nc(Nc2ccc(Cl)c3c2C(=O)N(C(=O)OC(C)(C)C)C3)ccc1C1CCOCC1. The van der Waals surface area contributed by atoms with Crippen LogP contribution in [-0.4, -0.2) is 59.7 Å². The summed E-state index contributed by atoms with van der Waals surface area (Å²) < 4.78 is 11.0. The molecule has 4 rings (SSSR count). The number of aromatic nitrogens is 1. The third kappa shape index (κ3) is 7.00. The Bertz CT molecular complexity index is 1120. The lowest BCUT2D eigenvalue weighted by Crippen LogP contribution is -2.37. The fourth-order valence-electron chi connectivity index (χ4n) is 4.48. The second kappa shape index (κ2) is 12.2. The summed E-state index contributed by atoms with van der Waals surface area (Å²) in [6.07, 6.45) is 1.27. The number of rotatable bonds is 5. The molecule has 0 aliphatic carbocycles. The van der Waals surface area contributed by atoms with E-state index in [1.165, 1.54) is 5.56 Å². The van der Waals surface area contributed by atoms with E-state index >= 15 is 0 Å². The second-order valence-corrected chi connectivity index (χ2v) is 10.7. The van der Waals surface area contributed by atoms with Gasteiger partial charge in [0.15, 0.2) is 0 Å². The first-order chi connectivity index (χ1) is 17.5. The zero-order chi connectivity index (χ0) is 27.3. The summed E-state index contributed by atoms with van der Waals surface area (Å²) in [7, 11) is 4.04. The quantitative estimate of drug-likeness (QED) is 0.482. The Morgan fingerprint density at radius 1 is 1.19 bits per heavy atom. The third-order valence-electron chi connectivity index (χ3n) is 6.04. The van der Waals surface area contributed by atoms with Crippen molar-refractivity contribution in [1.29, 1.82) is 0 Å². The summed E-state index contributed by atoms with van der Waals surface area (Å²) in [4.78, 5) is 34.0. The lowest BCUT2D eigenvalue weighted by Gasteiger charge is -2.25. The van der Waals surface area contributed by atoms with Crippen LogP contribution in [-0.2, 0) is 22.6 Å². The second-order valence-electron chi connectivity index (χ2n) is 10.3. The van der Waals surface area contributed by atoms with Gasteiger partial charge in [0.1, 0.15) is 11.4 Å². The van der Waals surface area contributed by atoms with Crippen molar-refractivity contribution in [2.75, 3.05) is 32.6 Å². The van der Waals surface area contributed by atoms with Crippen molar-refractivity contribution in [3.63, 3.8) is 0 Å². The van der Waals surface area contributed by atoms with Gasteiger partial charge in [0.05, 0.1) is 23.5 Å². The summed E-state index contributed by atoms with van der Waals surface area (Å²) in [6.45, 7) is 11.6. The van der Waals surface area contributed by atoms with Crippen LogP contribution in [0.3, 0.4) is 0 Å². The highest BCUT2D eigenvalue weighted by molar-refractivity contribution is 6.32. The number of nitrogens with zero attached hydrogens (tertiary/aromatic N) is 3. The Hall–Kier alpha value is -2.68. The first-order valence-electron chi connectivity index (χ1n) is 12.9. The Kier molecular flexibility index (Phi) is 9.56. The van der Waals surface area contributed by atoms with Gasteiger partial charge < -0.3 is 19.7 Å². The molecule has 2 aliphatic rings. The average Bonchev–Trinajstić information content (AvgIpc) is 3.20. The van der Waals surface area contributed by atoms with Crippen molar-refractivity contribution in [3.05, 3.63) is 51.7 Å². The van der Waals surface area contributed by atoms with Crippen molar-refractivity contribution in [3.8, 4) is 0 Å². The van der Waals surface area contributed by atoms with Gasteiger partial charge in [0.25, 0.3) is 5.91 Å². The molecule has 1 aromatic heterocycles. The van der Waals surface area contributed by atoms with Crippen LogP contribution < -0.4 is 5.32 Å². The van der Waals surface area contributed by atoms with E-state index in [9.17, 15) is 9.59 Å². The number of fused-ring (bicyclic) bond motifs is 1. The molecule has 0 saturated carbocycles. The number of pyridine rings is 1. The highest BCUT2D eigenvalue weighted by Crippen LogP contribution is 2.37. The number of hydrogen-bond donors (Lipinski definition) is 1. The standard InChI is InChI=1S/C26H33ClN4O4.C2H6/c1-26(2,3)35-25(33)31-14-18-19(27)7-8-20(23(18)24(31)32)28-22-9-6-17(16-10-12-34-13-11-16)21(29-22)15-30(4)5;1-2/h6-9,16H,10-15H2,1-5H3,(H,28,29);1-2H3. The minimum Gasteiger partial charge on any atom is -0.443 e. The summed E-state index contributed by atoms with van der Waals surface area (Å²) in [5.74, 6) is 0.612. The summed E-state index contributed by atoms with van der Waals surface area (Å²) in [6, 6.07) is 7.54. The van der Waals surface area contributed by atoms with Crippen LogP contribution in [0.5, 0.6) is 0 Å². The summed E-state index contributed by atoms with van der Waals surface area (Å²) in [5, 5.41) is 3.73. The van der Waals surface area contributed by atoms with Crippen molar-refractivity contribution < 1.29 is 19.1 Å². The van der Waals surface area contributed by atoms with Crippen molar-refractivity contribution >= 4 is 35.1 Å². The Morgan fingerprint density at radius 3 is 2.49 bits per heavy atom. The molecule has 0 unspecified atom stereocenters. The van der Waals surface area contributed by atoms with Gasteiger partial charge in [-0.25, -0.2) is 14.7 Å². The molecule has 3 heterocycles. The number of imide groups is 1. The molecule has 0 radical (unpaired) electrons. The number of nitrogens with one attached hydrogen (secondary N) is 1. The molecule has 0 spiro atoms. The first kappa shape index (κ1) is 28.9. The highest BCUT2D eigenvalue weighted by Gasteiger charge is 2.38. The van der Waals surface area contributed by atoms with Crippen LogP contribution in [0.4, 0.5) is 16.3 Å². The molecule has 1 aromatic carbocycles. The zero-order valence-electron chi connectivity index (χ0n) is 23.0. The van der Waals surface area contributed by atoms with E-state index in [0.29, 0.717) is 40.1 Å².